The summed E-state index contributed by atoms with van der Waals surface area (Å²) in [6.07, 6.45) is 0. The summed E-state index contributed by atoms with van der Waals surface area (Å²) in [7, 11) is 1.50. The number of amides is 1. The van der Waals surface area contributed by atoms with E-state index in [1.807, 2.05) is 0 Å². The molecule has 0 atom stereocenters. The number of hydrogen-bond acceptors (Lipinski definition) is 2. The molecule has 2 aromatic rings. The fourth-order valence-electron chi connectivity index (χ4n) is 1.82. The van der Waals surface area contributed by atoms with E-state index in [1.165, 1.54) is 19.2 Å². The van der Waals surface area contributed by atoms with Crippen molar-refractivity contribution >= 4 is 17.5 Å². The molecular formula is C15H13ClFNO2. The van der Waals surface area contributed by atoms with Crippen LogP contribution in [0.15, 0.2) is 42.5 Å². The molecule has 2 rings (SSSR count). The lowest BCUT2D eigenvalue weighted by molar-refractivity contribution is 0.0948. The highest BCUT2D eigenvalue weighted by atomic mass is 35.5. The molecule has 0 bridgehead atoms. The van der Waals surface area contributed by atoms with Crippen LogP contribution in [-0.4, -0.2) is 13.0 Å². The molecule has 0 unspecified atom stereocenters. The maximum Gasteiger partial charge on any atom is 0.255 e. The van der Waals surface area contributed by atoms with Crippen LogP contribution in [0.5, 0.6) is 5.75 Å². The van der Waals surface area contributed by atoms with Crippen molar-refractivity contribution in [2.24, 2.45) is 0 Å². The van der Waals surface area contributed by atoms with Crippen LogP contribution in [0.25, 0.3) is 0 Å². The van der Waals surface area contributed by atoms with Crippen molar-refractivity contribution in [1.82, 2.24) is 5.32 Å². The SMILES string of the molecule is COc1ccccc1C(=O)NCc1cc(F)cc(Cl)c1. The molecule has 0 aliphatic heterocycles. The Balaban J connectivity index is 2.08. The van der Waals surface area contributed by atoms with Crippen molar-refractivity contribution in [2.75, 3.05) is 7.11 Å². The molecule has 1 N–H and O–H groups in total. The molecular weight excluding hydrogens is 281 g/mol. The molecule has 104 valence electrons. The number of hydrogen-bond donors (Lipinski definition) is 1. The first-order valence-electron chi connectivity index (χ1n) is 5.96. The third-order valence-electron chi connectivity index (χ3n) is 2.73. The summed E-state index contributed by atoms with van der Waals surface area (Å²) in [4.78, 5) is 12.0. The number of methoxy groups -OCH3 is 1. The second-order valence-electron chi connectivity index (χ2n) is 4.16. The van der Waals surface area contributed by atoms with Crippen molar-refractivity contribution in [3.8, 4) is 5.75 Å². The van der Waals surface area contributed by atoms with Gasteiger partial charge in [0.1, 0.15) is 11.6 Å². The van der Waals surface area contributed by atoms with Crippen LogP contribution in [0.3, 0.4) is 0 Å². The Hall–Kier alpha value is -2.07. The zero-order valence-electron chi connectivity index (χ0n) is 10.8. The molecule has 0 spiro atoms. The van der Waals surface area contributed by atoms with Crippen LogP contribution >= 0.6 is 11.6 Å². The summed E-state index contributed by atoms with van der Waals surface area (Å²) in [6.45, 7) is 0.189. The summed E-state index contributed by atoms with van der Waals surface area (Å²) in [5, 5.41) is 3.00. The van der Waals surface area contributed by atoms with E-state index in [0.717, 1.165) is 0 Å². The monoisotopic (exact) mass is 293 g/mol. The maximum atomic E-state index is 13.2. The quantitative estimate of drug-likeness (QED) is 0.938. The predicted octanol–water partition coefficient (Wildman–Crippen LogP) is 3.42. The molecule has 0 saturated carbocycles. The Labute approximate surface area is 121 Å². The summed E-state index contributed by atoms with van der Waals surface area (Å²) in [5.74, 6) is -0.232. The average Bonchev–Trinajstić information content (AvgIpc) is 2.43. The Bertz CT molecular complexity index is 611. The molecule has 3 nitrogen and oxygen atoms in total. The van der Waals surface area contributed by atoms with E-state index in [2.05, 4.69) is 5.32 Å². The van der Waals surface area contributed by atoms with Gasteiger partial charge in [0.15, 0.2) is 0 Å². The molecule has 0 heterocycles. The number of carbonyl (C=O) groups is 1. The molecule has 0 radical (unpaired) electrons. The van der Waals surface area contributed by atoms with E-state index < -0.39 is 5.82 Å². The van der Waals surface area contributed by atoms with Gasteiger partial charge in [0, 0.05) is 11.6 Å². The third-order valence-corrected chi connectivity index (χ3v) is 2.95. The van der Waals surface area contributed by atoms with E-state index in [9.17, 15) is 9.18 Å². The second-order valence-corrected chi connectivity index (χ2v) is 4.60. The smallest absolute Gasteiger partial charge is 0.255 e. The highest BCUT2D eigenvalue weighted by Crippen LogP contribution is 2.18. The highest BCUT2D eigenvalue weighted by Gasteiger charge is 2.11. The molecule has 0 aliphatic carbocycles. The average molecular weight is 294 g/mol. The molecule has 20 heavy (non-hydrogen) atoms. The number of halogens is 2. The minimum atomic E-state index is -0.431. The van der Waals surface area contributed by atoms with E-state index in [-0.39, 0.29) is 12.5 Å². The topological polar surface area (TPSA) is 38.3 Å². The zero-order valence-corrected chi connectivity index (χ0v) is 11.6. The van der Waals surface area contributed by atoms with Gasteiger partial charge in [-0.25, -0.2) is 4.39 Å². The van der Waals surface area contributed by atoms with Crippen LogP contribution in [-0.2, 0) is 6.54 Å². The molecule has 0 fully saturated rings. The van der Waals surface area contributed by atoms with Crippen molar-refractivity contribution in [1.29, 1.82) is 0 Å². The van der Waals surface area contributed by atoms with Gasteiger partial charge >= 0.3 is 0 Å². The minimum Gasteiger partial charge on any atom is -0.496 e. The van der Waals surface area contributed by atoms with Gasteiger partial charge in [0.25, 0.3) is 5.91 Å². The number of rotatable bonds is 4. The van der Waals surface area contributed by atoms with Crippen LogP contribution in [0, 0.1) is 5.82 Å². The van der Waals surface area contributed by atoms with Gasteiger partial charge in [0.05, 0.1) is 12.7 Å². The molecule has 5 heteroatoms. The van der Waals surface area contributed by atoms with Crippen molar-refractivity contribution in [3.05, 3.63) is 64.4 Å². The summed E-state index contributed by atoms with van der Waals surface area (Å²) >= 11 is 5.76. The summed E-state index contributed by atoms with van der Waals surface area (Å²) < 4.78 is 18.3. The van der Waals surface area contributed by atoms with Gasteiger partial charge in [-0.05, 0) is 35.9 Å². The van der Waals surface area contributed by atoms with Gasteiger partial charge in [-0.2, -0.15) is 0 Å². The maximum absolute atomic E-state index is 13.2. The van der Waals surface area contributed by atoms with Crippen molar-refractivity contribution in [3.63, 3.8) is 0 Å². The van der Waals surface area contributed by atoms with E-state index in [0.29, 0.717) is 21.9 Å². The fraction of sp³-hybridized carbons (Fsp3) is 0.133. The first-order valence-corrected chi connectivity index (χ1v) is 6.34. The normalized spacial score (nSPS) is 10.2. The zero-order chi connectivity index (χ0) is 14.5. The Morgan fingerprint density at radius 1 is 1.30 bits per heavy atom. The highest BCUT2D eigenvalue weighted by molar-refractivity contribution is 6.30. The third kappa shape index (κ3) is 3.48. The van der Waals surface area contributed by atoms with E-state index in [4.69, 9.17) is 16.3 Å². The Morgan fingerprint density at radius 2 is 2.05 bits per heavy atom. The number of benzene rings is 2. The first kappa shape index (κ1) is 14.3. The van der Waals surface area contributed by atoms with Crippen LogP contribution in [0.2, 0.25) is 5.02 Å². The standard InChI is InChI=1S/C15H13ClFNO2/c1-20-14-5-3-2-4-13(14)15(19)18-9-10-6-11(16)8-12(17)7-10/h2-8H,9H2,1H3,(H,18,19). The minimum absolute atomic E-state index is 0.189. The molecule has 0 aromatic heterocycles. The van der Waals surface area contributed by atoms with Gasteiger partial charge < -0.3 is 10.1 Å². The summed E-state index contributed by atoms with van der Waals surface area (Å²) in [6, 6.07) is 11.0. The lowest BCUT2D eigenvalue weighted by Gasteiger charge is -2.09. The Kier molecular flexibility index (Phi) is 4.58. The number of carbonyl (C=O) groups excluding carboxylic acids is 1. The van der Waals surface area contributed by atoms with Crippen LogP contribution in [0.4, 0.5) is 4.39 Å². The van der Waals surface area contributed by atoms with Gasteiger partial charge in [-0.15, -0.1) is 0 Å². The number of ether oxygens (including phenoxy) is 1. The largest absolute Gasteiger partial charge is 0.496 e. The molecule has 0 saturated heterocycles. The lowest BCUT2D eigenvalue weighted by atomic mass is 10.1. The van der Waals surface area contributed by atoms with Crippen molar-refractivity contribution in [2.45, 2.75) is 6.54 Å². The van der Waals surface area contributed by atoms with E-state index >= 15 is 0 Å². The number of para-hydroxylation sites is 1. The molecule has 2 aromatic carbocycles. The summed E-state index contributed by atoms with van der Waals surface area (Å²) in [5.41, 5.74) is 1.02. The predicted molar refractivity (Wildman–Crippen MR) is 75.6 cm³/mol. The van der Waals surface area contributed by atoms with Crippen LogP contribution in [0.1, 0.15) is 15.9 Å². The number of nitrogens with one attached hydrogen (secondary N) is 1. The van der Waals surface area contributed by atoms with Crippen molar-refractivity contribution < 1.29 is 13.9 Å². The van der Waals surface area contributed by atoms with Gasteiger partial charge in [0.2, 0.25) is 0 Å². The van der Waals surface area contributed by atoms with Gasteiger partial charge in [-0.3, -0.25) is 4.79 Å². The lowest BCUT2D eigenvalue weighted by Crippen LogP contribution is -2.23. The first-order chi connectivity index (χ1) is 9.60. The second kappa shape index (κ2) is 6.39. The molecule has 0 aliphatic rings. The fourth-order valence-corrected chi connectivity index (χ4v) is 2.07. The van der Waals surface area contributed by atoms with Crippen LogP contribution < -0.4 is 10.1 Å². The van der Waals surface area contributed by atoms with E-state index in [1.54, 1.807) is 30.3 Å². The van der Waals surface area contributed by atoms with Gasteiger partial charge in [-0.1, -0.05) is 23.7 Å². The molecule has 1 amide bonds. The Morgan fingerprint density at radius 3 is 2.75 bits per heavy atom.